The van der Waals surface area contributed by atoms with Crippen molar-refractivity contribution in [3.8, 4) is 0 Å². The SMILES string of the molecule is CC(C)c1nccn1[C@H]1CCCN(C(=O)c2ccc(N(C)C)nn2)C1. The normalized spacial score (nSPS) is 17.8. The highest BCUT2D eigenvalue weighted by Gasteiger charge is 2.27. The molecule has 7 nitrogen and oxygen atoms in total. The van der Waals surface area contributed by atoms with E-state index < -0.39 is 0 Å². The van der Waals surface area contributed by atoms with Gasteiger partial charge in [-0.05, 0) is 25.0 Å². The van der Waals surface area contributed by atoms with Crippen LogP contribution < -0.4 is 4.90 Å². The van der Waals surface area contributed by atoms with Crippen LogP contribution in [0.2, 0.25) is 0 Å². The van der Waals surface area contributed by atoms with Gasteiger partial charge in [0, 0.05) is 45.5 Å². The quantitative estimate of drug-likeness (QED) is 0.853. The van der Waals surface area contributed by atoms with Crippen LogP contribution in [-0.2, 0) is 0 Å². The second-order valence-electron chi connectivity index (χ2n) is 7.07. The van der Waals surface area contributed by atoms with Crippen LogP contribution in [0.25, 0.3) is 0 Å². The molecule has 25 heavy (non-hydrogen) atoms. The predicted octanol–water partition coefficient (Wildman–Crippen LogP) is 2.34. The largest absolute Gasteiger partial charge is 0.361 e. The van der Waals surface area contributed by atoms with Gasteiger partial charge in [0.05, 0.1) is 6.04 Å². The lowest BCUT2D eigenvalue weighted by atomic mass is 10.0. The third-order valence-corrected chi connectivity index (χ3v) is 4.62. The molecule has 2 aromatic rings. The molecule has 134 valence electrons. The van der Waals surface area contributed by atoms with Crippen LogP contribution >= 0.6 is 0 Å². The van der Waals surface area contributed by atoms with Crippen LogP contribution in [-0.4, -0.2) is 57.7 Å². The van der Waals surface area contributed by atoms with Gasteiger partial charge in [0.15, 0.2) is 11.5 Å². The van der Waals surface area contributed by atoms with E-state index in [1.165, 1.54) is 0 Å². The van der Waals surface area contributed by atoms with Crippen LogP contribution in [0.15, 0.2) is 24.5 Å². The summed E-state index contributed by atoms with van der Waals surface area (Å²) in [5.74, 6) is 2.14. The van der Waals surface area contributed by atoms with Crippen LogP contribution in [0.5, 0.6) is 0 Å². The van der Waals surface area contributed by atoms with Gasteiger partial charge in [-0.3, -0.25) is 4.79 Å². The number of piperidine rings is 1. The van der Waals surface area contributed by atoms with Gasteiger partial charge in [-0.1, -0.05) is 13.8 Å². The van der Waals surface area contributed by atoms with Gasteiger partial charge in [0.2, 0.25) is 0 Å². The molecule has 3 rings (SSSR count). The van der Waals surface area contributed by atoms with E-state index in [4.69, 9.17) is 0 Å². The van der Waals surface area contributed by atoms with Crippen LogP contribution in [0.3, 0.4) is 0 Å². The molecule has 0 aromatic carbocycles. The van der Waals surface area contributed by atoms with Gasteiger partial charge >= 0.3 is 0 Å². The molecule has 1 atom stereocenters. The van der Waals surface area contributed by atoms with Crippen molar-refractivity contribution in [3.05, 3.63) is 36.0 Å². The molecule has 0 unspecified atom stereocenters. The number of carbonyl (C=O) groups excluding carboxylic acids is 1. The molecule has 2 aromatic heterocycles. The molecular formula is C18H26N6O. The Morgan fingerprint density at radius 3 is 2.72 bits per heavy atom. The first-order chi connectivity index (χ1) is 12.0. The van der Waals surface area contributed by atoms with E-state index in [1.807, 2.05) is 42.4 Å². The van der Waals surface area contributed by atoms with Crippen molar-refractivity contribution < 1.29 is 4.79 Å². The highest BCUT2D eigenvalue weighted by molar-refractivity contribution is 5.92. The third-order valence-electron chi connectivity index (χ3n) is 4.62. The number of hydrogen-bond acceptors (Lipinski definition) is 5. The summed E-state index contributed by atoms with van der Waals surface area (Å²) in [5.41, 5.74) is 0.404. The third kappa shape index (κ3) is 3.65. The zero-order valence-corrected chi connectivity index (χ0v) is 15.4. The fraction of sp³-hybridized carbons (Fsp3) is 0.556. The van der Waals surface area contributed by atoms with Crippen molar-refractivity contribution in [2.45, 2.75) is 38.6 Å². The number of carbonyl (C=O) groups is 1. The Bertz CT molecular complexity index is 721. The molecule has 0 aliphatic carbocycles. The van der Waals surface area contributed by atoms with Gasteiger partial charge in [0.25, 0.3) is 5.91 Å². The molecule has 1 amide bonds. The van der Waals surface area contributed by atoms with Crippen LogP contribution in [0, 0.1) is 0 Å². The first-order valence-corrected chi connectivity index (χ1v) is 8.80. The molecule has 7 heteroatoms. The summed E-state index contributed by atoms with van der Waals surface area (Å²) in [5, 5.41) is 8.22. The Hall–Kier alpha value is -2.44. The van der Waals surface area contributed by atoms with Crippen molar-refractivity contribution in [3.63, 3.8) is 0 Å². The van der Waals surface area contributed by atoms with Gasteiger partial charge in [-0.15, -0.1) is 10.2 Å². The van der Waals surface area contributed by atoms with Gasteiger partial charge in [-0.2, -0.15) is 0 Å². The smallest absolute Gasteiger partial charge is 0.274 e. The molecule has 0 bridgehead atoms. The molecule has 1 aliphatic rings. The Kier molecular flexibility index (Phi) is 5.01. The molecule has 0 N–H and O–H groups in total. The van der Waals surface area contributed by atoms with E-state index in [9.17, 15) is 4.79 Å². The first-order valence-electron chi connectivity index (χ1n) is 8.80. The zero-order chi connectivity index (χ0) is 18.0. The maximum absolute atomic E-state index is 12.8. The fourth-order valence-corrected chi connectivity index (χ4v) is 3.29. The average molecular weight is 342 g/mol. The molecule has 1 saturated heterocycles. The monoisotopic (exact) mass is 342 g/mol. The highest BCUT2D eigenvalue weighted by Crippen LogP contribution is 2.26. The van der Waals surface area contributed by atoms with Gasteiger partial charge in [0.1, 0.15) is 5.82 Å². The van der Waals surface area contributed by atoms with Crippen molar-refractivity contribution in [2.24, 2.45) is 0 Å². The fourth-order valence-electron chi connectivity index (χ4n) is 3.29. The summed E-state index contributed by atoms with van der Waals surface area (Å²) in [6.07, 6.45) is 5.92. The number of anilines is 1. The van der Waals surface area contributed by atoms with E-state index in [-0.39, 0.29) is 11.9 Å². The van der Waals surface area contributed by atoms with Crippen molar-refractivity contribution in [2.75, 3.05) is 32.1 Å². The maximum atomic E-state index is 12.8. The summed E-state index contributed by atoms with van der Waals surface area (Å²) in [6, 6.07) is 3.85. The minimum atomic E-state index is -0.0475. The lowest BCUT2D eigenvalue weighted by Crippen LogP contribution is -2.41. The lowest BCUT2D eigenvalue weighted by molar-refractivity contribution is 0.0670. The second kappa shape index (κ2) is 7.21. The van der Waals surface area contributed by atoms with Gasteiger partial charge in [-0.25, -0.2) is 4.98 Å². The minimum Gasteiger partial charge on any atom is -0.361 e. The summed E-state index contributed by atoms with van der Waals surface area (Å²) in [6.45, 7) is 5.74. The summed E-state index contributed by atoms with van der Waals surface area (Å²) in [4.78, 5) is 21.0. The van der Waals surface area contributed by atoms with Crippen molar-refractivity contribution in [1.29, 1.82) is 0 Å². The van der Waals surface area contributed by atoms with E-state index in [0.29, 0.717) is 18.2 Å². The second-order valence-corrected chi connectivity index (χ2v) is 7.07. The number of rotatable bonds is 4. The summed E-state index contributed by atoms with van der Waals surface area (Å²) >= 11 is 0. The first kappa shape index (κ1) is 17.4. The number of nitrogens with zero attached hydrogens (tertiary/aromatic N) is 6. The van der Waals surface area contributed by atoms with Crippen molar-refractivity contribution >= 4 is 11.7 Å². The van der Waals surface area contributed by atoms with E-state index in [1.54, 1.807) is 6.07 Å². The van der Waals surface area contributed by atoms with Gasteiger partial charge < -0.3 is 14.4 Å². The standard InChI is InChI=1S/C18H26N6O/c1-13(2)17-19-9-11-24(17)14-6-5-10-23(12-14)18(25)15-7-8-16(21-20-15)22(3)4/h7-9,11,13-14H,5-6,10,12H2,1-4H3/t14-/m0/s1. The predicted molar refractivity (Wildman–Crippen MR) is 96.8 cm³/mol. The van der Waals surface area contributed by atoms with Crippen LogP contribution in [0.1, 0.15) is 55.0 Å². The van der Waals surface area contributed by atoms with E-state index >= 15 is 0 Å². The minimum absolute atomic E-state index is 0.0475. The number of likely N-dealkylation sites (tertiary alicyclic amines) is 1. The lowest BCUT2D eigenvalue weighted by Gasteiger charge is -2.34. The number of aromatic nitrogens is 4. The molecule has 1 fully saturated rings. The zero-order valence-electron chi connectivity index (χ0n) is 15.4. The Balaban J connectivity index is 1.74. The molecular weight excluding hydrogens is 316 g/mol. The number of hydrogen-bond donors (Lipinski definition) is 0. The van der Waals surface area contributed by atoms with Crippen molar-refractivity contribution in [1.82, 2.24) is 24.6 Å². The number of imidazole rings is 1. The molecule has 1 aliphatic heterocycles. The van der Waals surface area contributed by atoms with Crippen LogP contribution in [0.4, 0.5) is 5.82 Å². The molecule has 0 saturated carbocycles. The Labute approximate surface area is 148 Å². The molecule has 0 radical (unpaired) electrons. The molecule has 0 spiro atoms. The average Bonchev–Trinajstić information content (AvgIpc) is 3.11. The van der Waals surface area contributed by atoms with E-state index in [0.717, 1.165) is 31.0 Å². The molecule has 3 heterocycles. The highest BCUT2D eigenvalue weighted by atomic mass is 16.2. The summed E-state index contributed by atoms with van der Waals surface area (Å²) in [7, 11) is 3.80. The Morgan fingerprint density at radius 2 is 2.08 bits per heavy atom. The Morgan fingerprint density at radius 1 is 1.28 bits per heavy atom. The summed E-state index contributed by atoms with van der Waals surface area (Å²) < 4.78 is 2.23. The number of amides is 1. The maximum Gasteiger partial charge on any atom is 0.274 e. The van der Waals surface area contributed by atoms with E-state index in [2.05, 4.69) is 33.6 Å². The topological polar surface area (TPSA) is 67.2 Å².